The van der Waals surface area contributed by atoms with Crippen molar-refractivity contribution in [3.63, 3.8) is 0 Å². The Morgan fingerprint density at radius 2 is 1.50 bits per heavy atom. The molecule has 0 aliphatic carbocycles. The van der Waals surface area contributed by atoms with Crippen molar-refractivity contribution in [2.45, 2.75) is 18.4 Å². The van der Waals surface area contributed by atoms with Gasteiger partial charge in [-0.1, -0.05) is 30.3 Å². The average Bonchev–Trinajstić information content (AvgIpc) is 2.72. The molecule has 3 aromatic carbocycles. The normalized spacial score (nSPS) is 11.1. The van der Waals surface area contributed by atoms with Gasteiger partial charge >= 0.3 is 0 Å². The zero-order chi connectivity index (χ0) is 20.1. The van der Waals surface area contributed by atoms with E-state index in [1.807, 2.05) is 49.4 Å². The first kappa shape index (κ1) is 19.8. The monoisotopic (exact) mass is 397 g/mol. The first-order valence-corrected chi connectivity index (χ1v) is 10.2. The molecule has 0 radical (unpaired) electrons. The number of sulfonamides is 1. The van der Waals surface area contributed by atoms with Crippen LogP contribution in [-0.2, 0) is 16.6 Å². The molecule has 0 aliphatic heterocycles. The second-order valence-electron chi connectivity index (χ2n) is 6.38. The fraction of sp³-hybridized carbons (Fsp3) is 0.182. The highest BCUT2D eigenvalue weighted by molar-refractivity contribution is 7.92. The van der Waals surface area contributed by atoms with Crippen molar-refractivity contribution in [3.05, 3.63) is 83.9 Å². The zero-order valence-corrected chi connectivity index (χ0v) is 16.9. The van der Waals surface area contributed by atoms with Gasteiger partial charge in [0.25, 0.3) is 10.0 Å². The third kappa shape index (κ3) is 4.28. The van der Waals surface area contributed by atoms with Crippen LogP contribution in [0.1, 0.15) is 11.1 Å². The molecule has 0 N–H and O–H groups in total. The molecule has 0 spiro atoms. The van der Waals surface area contributed by atoms with Gasteiger partial charge < -0.3 is 9.47 Å². The van der Waals surface area contributed by atoms with E-state index in [2.05, 4.69) is 0 Å². The average molecular weight is 397 g/mol. The van der Waals surface area contributed by atoms with E-state index in [-0.39, 0.29) is 11.4 Å². The number of anilines is 1. The molecule has 0 aromatic heterocycles. The first-order chi connectivity index (χ1) is 13.4. The first-order valence-electron chi connectivity index (χ1n) is 8.80. The maximum absolute atomic E-state index is 13.5. The summed E-state index contributed by atoms with van der Waals surface area (Å²) < 4.78 is 38.8. The molecule has 28 heavy (non-hydrogen) atoms. The van der Waals surface area contributed by atoms with Crippen LogP contribution in [0.3, 0.4) is 0 Å². The third-order valence-electron chi connectivity index (χ3n) is 4.40. The minimum Gasteiger partial charge on any atom is -0.497 e. The number of rotatable bonds is 7. The Morgan fingerprint density at radius 3 is 2.14 bits per heavy atom. The summed E-state index contributed by atoms with van der Waals surface area (Å²) >= 11 is 0. The van der Waals surface area contributed by atoms with Gasteiger partial charge in [-0.2, -0.15) is 0 Å². The molecule has 0 saturated carbocycles. The predicted octanol–water partition coefficient (Wildman–Crippen LogP) is 4.41. The van der Waals surface area contributed by atoms with Crippen LogP contribution in [0.2, 0.25) is 0 Å². The molecule has 0 aliphatic rings. The van der Waals surface area contributed by atoms with Crippen LogP contribution in [0.5, 0.6) is 11.5 Å². The summed E-state index contributed by atoms with van der Waals surface area (Å²) in [5.41, 5.74) is 2.45. The maximum atomic E-state index is 13.5. The van der Waals surface area contributed by atoms with Crippen molar-refractivity contribution in [2.24, 2.45) is 0 Å². The molecule has 0 fully saturated rings. The Balaban J connectivity index is 2.06. The number of ether oxygens (including phenoxy) is 2. The van der Waals surface area contributed by atoms with Crippen LogP contribution in [0, 0.1) is 6.92 Å². The predicted molar refractivity (Wildman–Crippen MR) is 111 cm³/mol. The van der Waals surface area contributed by atoms with Crippen molar-refractivity contribution < 1.29 is 17.9 Å². The van der Waals surface area contributed by atoms with E-state index < -0.39 is 10.0 Å². The van der Waals surface area contributed by atoms with Crippen LogP contribution in [0.25, 0.3) is 0 Å². The van der Waals surface area contributed by atoms with Gasteiger partial charge in [0.15, 0.2) is 0 Å². The van der Waals surface area contributed by atoms with Crippen molar-refractivity contribution in [1.29, 1.82) is 0 Å². The summed E-state index contributed by atoms with van der Waals surface area (Å²) in [5, 5.41) is 0. The van der Waals surface area contributed by atoms with Crippen molar-refractivity contribution >= 4 is 15.7 Å². The van der Waals surface area contributed by atoms with Gasteiger partial charge in [-0.25, -0.2) is 8.42 Å². The fourth-order valence-corrected chi connectivity index (χ4v) is 4.36. The number of hydrogen-bond donors (Lipinski definition) is 0. The van der Waals surface area contributed by atoms with Crippen LogP contribution in [0.15, 0.2) is 77.7 Å². The molecule has 6 heteroatoms. The van der Waals surface area contributed by atoms with Crippen molar-refractivity contribution in [1.82, 2.24) is 0 Å². The van der Waals surface area contributed by atoms with Gasteiger partial charge in [0, 0.05) is 6.07 Å². The minimum absolute atomic E-state index is 0.182. The Labute approximate surface area is 166 Å². The highest BCUT2D eigenvalue weighted by Gasteiger charge is 2.26. The smallest absolute Gasteiger partial charge is 0.264 e. The van der Waals surface area contributed by atoms with E-state index in [9.17, 15) is 8.42 Å². The summed E-state index contributed by atoms with van der Waals surface area (Å²) in [7, 11) is -0.681. The van der Waals surface area contributed by atoms with Crippen molar-refractivity contribution in [2.75, 3.05) is 18.5 Å². The van der Waals surface area contributed by atoms with Gasteiger partial charge in [-0.3, -0.25) is 4.31 Å². The van der Waals surface area contributed by atoms with E-state index in [1.54, 1.807) is 31.4 Å². The summed E-state index contributed by atoms with van der Waals surface area (Å²) in [6.45, 7) is 2.14. The number of hydrogen-bond acceptors (Lipinski definition) is 4. The summed E-state index contributed by atoms with van der Waals surface area (Å²) in [5.74, 6) is 1.22. The quantitative estimate of drug-likeness (QED) is 0.593. The Hall–Kier alpha value is -2.99. The van der Waals surface area contributed by atoms with Crippen LogP contribution >= 0.6 is 0 Å². The van der Waals surface area contributed by atoms with Crippen LogP contribution in [0.4, 0.5) is 5.69 Å². The van der Waals surface area contributed by atoms with E-state index in [0.29, 0.717) is 11.4 Å². The van der Waals surface area contributed by atoms with Gasteiger partial charge in [0.2, 0.25) is 0 Å². The lowest BCUT2D eigenvalue weighted by Crippen LogP contribution is -2.30. The fourth-order valence-electron chi connectivity index (χ4n) is 2.88. The van der Waals surface area contributed by atoms with E-state index >= 15 is 0 Å². The zero-order valence-electron chi connectivity index (χ0n) is 16.1. The highest BCUT2D eigenvalue weighted by Crippen LogP contribution is 2.28. The van der Waals surface area contributed by atoms with Gasteiger partial charge in [0.1, 0.15) is 11.5 Å². The number of aryl methyl sites for hydroxylation is 1. The van der Waals surface area contributed by atoms with Crippen molar-refractivity contribution in [3.8, 4) is 11.5 Å². The molecule has 3 aromatic rings. The molecule has 0 amide bonds. The molecule has 0 atom stereocenters. The second-order valence-corrected chi connectivity index (χ2v) is 8.24. The minimum atomic E-state index is -3.80. The molecule has 0 unspecified atom stereocenters. The Morgan fingerprint density at radius 1 is 0.821 bits per heavy atom. The molecule has 0 saturated heterocycles. The Kier molecular flexibility index (Phi) is 5.90. The van der Waals surface area contributed by atoms with E-state index in [1.165, 1.54) is 17.5 Å². The van der Waals surface area contributed by atoms with Gasteiger partial charge in [0.05, 0.1) is 31.3 Å². The lowest BCUT2D eigenvalue weighted by atomic mass is 10.2. The van der Waals surface area contributed by atoms with Gasteiger partial charge in [-0.05, 0) is 54.4 Å². The number of methoxy groups -OCH3 is 2. The van der Waals surface area contributed by atoms with Crippen LogP contribution < -0.4 is 13.8 Å². The molecular formula is C22H23NO4S. The highest BCUT2D eigenvalue weighted by atomic mass is 32.2. The molecule has 0 bridgehead atoms. The second kappa shape index (κ2) is 8.35. The molecule has 5 nitrogen and oxygen atoms in total. The topological polar surface area (TPSA) is 55.8 Å². The van der Waals surface area contributed by atoms with E-state index in [0.717, 1.165) is 16.9 Å². The van der Waals surface area contributed by atoms with E-state index in [4.69, 9.17) is 9.47 Å². The molecule has 3 rings (SSSR count). The summed E-state index contributed by atoms with van der Waals surface area (Å²) in [6, 6.07) is 21.3. The largest absolute Gasteiger partial charge is 0.497 e. The standard InChI is InChI=1S/C22H23NO4S/c1-17-6-4-7-19(14-17)23(16-18-10-12-20(26-2)13-11-18)28(24,25)22-9-5-8-21(15-22)27-3/h4-15H,16H2,1-3H3. The maximum Gasteiger partial charge on any atom is 0.264 e. The SMILES string of the molecule is COc1ccc(CN(c2cccc(C)c2)S(=O)(=O)c2cccc(OC)c2)cc1. The lowest BCUT2D eigenvalue weighted by Gasteiger charge is -2.25. The van der Waals surface area contributed by atoms with Gasteiger partial charge in [-0.15, -0.1) is 0 Å². The lowest BCUT2D eigenvalue weighted by molar-refractivity contribution is 0.413. The molecule has 0 heterocycles. The summed E-state index contributed by atoms with van der Waals surface area (Å²) in [6.07, 6.45) is 0. The Bertz CT molecular complexity index is 1050. The molecular weight excluding hydrogens is 374 g/mol. The summed E-state index contributed by atoms with van der Waals surface area (Å²) in [4.78, 5) is 0.182. The third-order valence-corrected chi connectivity index (χ3v) is 6.17. The van der Waals surface area contributed by atoms with Crippen LogP contribution in [-0.4, -0.2) is 22.6 Å². The molecule has 146 valence electrons. The number of benzene rings is 3. The number of nitrogens with zero attached hydrogens (tertiary/aromatic N) is 1.